The molecule has 0 aromatic heterocycles. The van der Waals surface area contributed by atoms with E-state index in [1.165, 1.54) is 6.07 Å². The van der Waals surface area contributed by atoms with Crippen molar-refractivity contribution in [3.05, 3.63) is 33.9 Å². The monoisotopic (exact) mass is 238 g/mol. The van der Waals surface area contributed by atoms with E-state index in [0.29, 0.717) is 11.3 Å². The number of nitro benzene ring substituents is 1. The summed E-state index contributed by atoms with van der Waals surface area (Å²) >= 11 is 0. The maximum absolute atomic E-state index is 11.0. The lowest BCUT2D eigenvalue weighted by Gasteiger charge is -2.25. The highest BCUT2D eigenvalue weighted by Crippen LogP contribution is 2.30. The van der Waals surface area contributed by atoms with Gasteiger partial charge < -0.3 is 10.0 Å². The number of aliphatic hydroxyl groups excluding tert-OH is 1. The molecule has 1 unspecified atom stereocenters. The van der Waals surface area contributed by atoms with Crippen molar-refractivity contribution in [3.63, 3.8) is 0 Å². The van der Waals surface area contributed by atoms with Crippen LogP contribution in [0.15, 0.2) is 18.2 Å². The van der Waals surface area contributed by atoms with Crippen molar-refractivity contribution < 1.29 is 10.0 Å². The second kappa shape index (κ2) is 5.63. The van der Waals surface area contributed by atoms with Gasteiger partial charge in [0.15, 0.2) is 0 Å². The predicted molar refractivity (Wildman–Crippen MR) is 67.2 cm³/mol. The number of aliphatic hydroxyl groups is 1. The Morgan fingerprint density at radius 1 is 1.53 bits per heavy atom. The first-order valence-electron chi connectivity index (χ1n) is 5.62. The van der Waals surface area contributed by atoms with E-state index in [1.807, 2.05) is 25.8 Å². The highest BCUT2D eigenvalue weighted by molar-refractivity contribution is 5.64. The van der Waals surface area contributed by atoms with E-state index >= 15 is 0 Å². The fourth-order valence-corrected chi connectivity index (χ4v) is 1.62. The van der Waals surface area contributed by atoms with E-state index in [2.05, 4.69) is 0 Å². The fourth-order valence-electron chi connectivity index (χ4n) is 1.62. The van der Waals surface area contributed by atoms with E-state index in [-0.39, 0.29) is 18.3 Å². The molecule has 0 amide bonds. The van der Waals surface area contributed by atoms with Crippen LogP contribution in [0.2, 0.25) is 0 Å². The molecule has 1 aromatic carbocycles. The molecule has 0 heterocycles. The van der Waals surface area contributed by atoms with Gasteiger partial charge in [0.25, 0.3) is 5.69 Å². The van der Waals surface area contributed by atoms with Crippen molar-refractivity contribution in [1.82, 2.24) is 0 Å². The summed E-state index contributed by atoms with van der Waals surface area (Å²) in [6.45, 7) is 3.87. The number of nitro groups is 1. The Morgan fingerprint density at radius 2 is 2.18 bits per heavy atom. The summed E-state index contributed by atoms with van der Waals surface area (Å²) < 4.78 is 0. The number of benzene rings is 1. The molecule has 0 aliphatic heterocycles. The minimum absolute atomic E-state index is 0.0411. The van der Waals surface area contributed by atoms with Crippen LogP contribution in [0.4, 0.5) is 11.4 Å². The summed E-state index contributed by atoms with van der Waals surface area (Å²) in [5, 5.41) is 20.0. The van der Waals surface area contributed by atoms with E-state index in [0.717, 1.165) is 6.42 Å². The molecule has 0 spiro atoms. The maximum Gasteiger partial charge on any atom is 0.292 e. The Bertz CT molecular complexity index is 407. The number of nitrogens with zero attached hydrogens (tertiary/aromatic N) is 2. The molecule has 0 aliphatic rings. The minimum atomic E-state index is -0.409. The van der Waals surface area contributed by atoms with Gasteiger partial charge in [0.1, 0.15) is 5.69 Å². The molecule has 0 bridgehead atoms. The van der Waals surface area contributed by atoms with Gasteiger partial charge in [-0.1, -0.05) is 13.0 Å². The number of hydrogen-bond donors (Lipinski definition) is 1. The second-order valence-corrected chi connectivity index (χ2v) is 4.11. The quantitative estimate of drug-likeness (QED) is 0.631. The van der Waals surface area contributed by atoms with Crippen molar-refractivity contribution in [3.8, 4) is 0 Å². The predicted octanol–water partition coefficient (Wildman–Crippen LogP) is 2.32. The zero-order valence-corrected chi connectivity index (χ0v) is 10.4. The number of rotatable bonds is 5. The van der Waals surface area contributed by atoms with Gasteiger partial charge in [-0.2, -0.15) is 0 Å². The van der Waals surface area contributed by atoms with Gasteiger partial charge in [-0.15, -0.1) is 0 Å². The lowest BCUT2D eigenvalue weighted by atomic mass is 10.1. The molecule has 1 rings (SSSR count). The molecule has 1 atom stereocenters. The average molecular weight is 238 g/mol. The summed E-state index contributed by atoms with van der Waals surface area (Å²) in [7, 11) is 1.84. The Kier molecular flexibility index (Phi) is 4.45. The topological polar surface area (TPSA) is 66.6 Å². The van der Waals surface area contributed by atoms with Crippen LogP contribution in [-0.4, -0.2) is 23.1 Å². The third-order valence-electron chi connectivity index (χ3n) is 3.05. The van der Waals surface area contributed by atoms with Crippen molar-refractivity contribution in [2.24, 2.45) is 0 Å². The molecule has 0 radical (unpaired) electrons. The summed E-state index contributed by atoms with van der Waals surface area (Å²) in [5.41, 5.74) is 1.18. The summed E-state index contributed by atoms with van der Waals surface area (Å²) in [6.07, 6.45) is 0.912. The highest BCUT2D eigenvalue weighted by Gasteiger charge is 2.20. The number of hydrogen-bond acceptors (Lipinski definition) is 4. The molecule has 1 aromatic rings. The zero-order chi connectivity index (χ0) is 13.0. The maximum atomic E-state index is 11.0. The van der Waals surface area contributed by atoms with E-state index in [1.54, 1.807) is 12.1 Å². The number of anilines is 1. The Labute approximate surface area is 101 Å². The SMILES string of the molecule is CCC(C)N(C)c1ccc(CO)cc1[N+](=O)[O-]. The molecule has 17 heavy (non-hydrogen) atoms. The highest BCUT2D eigenvalue weighted by atomic mass is 16.6. The first kappa shape index (κ1) is 13.4. The van der Waals surface area contributed by atoms with Gasteiger partial charge in [0, 0.05) is 19.2 Å². The fraction of sp³-hybridized carbons (Fsp3) is 0.500. The molecule has 0 saturated heterocycles. The molecular formula is C12H18N2O3. The van der Waals surface area contributed by atoms with Crippen LogP contribution in [0.5, 0.6) is 0 Å². The summed E-state index contributed by atoms with van der Waals surface area (Å²) in [6, 6.07) is 5.05. The normalized spacial score (nSPS) is 12.2. The van der Waals surface area contributed by atoms with Gasteiger partial charge in [0.05, 0.1) is 11.5 Å². The molecule has 1 N–H and O–H groups in total. The Hall–Kier alpha value is -1.62. The van der Waals surface area contributed by atoms with Crippen LogP contribution in [0.1, 0.15) is 25.8 Å². The molecule has 94 valence electrons. The average Bonchev–Trinajstić information content (AvgIpc) is 2.35. The molecular weight excluding hydrogens is 220 g/mol. The van der Waals surface area contributed by atoms with Gasteiger partial charge in [-0.3, -0.25) is 10.1 Å². The molecule has 5 nitrogen and oxygen atoms in total. The largest absolute Gasteiger partial charge is 0.392 e. The van der Waals surface area contributed by atoms with E-state index in [9.17, 15) is 10.1 Å². The minimum Gasteiger partial charge on any atom is -0.392 e. The van der Waals surface area contributed by atoms with Gasteiger partial charge in [-0.05, 0) is 25.0 Å². The summed E-state index contributed by atoms with van der Waals surface area (Å²) in [4.78, 5) is 12.5. The standard InChI is InChI=1S/C12H18N2O3/c1-4-9(2)13(3)11-6-5-10(8-15)7-12(11)14(16)17/h5-7,9,15H,4,8H2,1-3H3. The van der Waals surface area contributed by atoms with Crippen molar-refractivity contribution in [2.45, 2.75) is 32.9 Å². The van der Waals surface area contributed by atoms with Gasteiger partial charge in [0.2, 0.25) is 0 Å². The lowest BCUT2D eigenvalue weighted by molar-refractivity contribution is -0.384. The molecule has 0 fully saturated rings. The van der Waals surface area contributed by atoms with Crippen molar-refractivity contribution in [1.29, 1.82) is 0 Å². The van der Waals surface area contributed by atoms with Crippen LogP contribution in [0.3, 0.4) is 0 Å². The van der Waals surface area contributed by atoms with Crippen LogP contribution < -0.4 is 4.90 Å². The molecule has 5 heteroatoms. The van der Waals surface area contributed by atoms with E-state index in [4.69, 9.17) is 5.11 Å². The first-order valence-corrected chi connectivity index (χ1v) is 5.62. The first-order chi connectivity index (χ1) is 8.01. The smallest absolute Gasteiger partial charge is 0.292 e. The van der Waals surface area contributed by atoms with Crippen LogP contribution in [0, 0.1) is 10.1 Å². The van der Waals surface area contributed by atoms with Gasteiger partial charge in [-0.25, -0.2) is 0 Å². The van der Waals surface area contributed by atoms with Crippen LogP contribution in [-0.2, 0) is 6.61 Å². The third-order valence-corrected chi connectivity index (χ3v) is 3.05. The third kappa shape index (κ3) is 2.94. The summed E-state index contributed by atoms with van der Waals surface area (Å²) in [5.74, 6) is 0. The van der Waals surface area contributed by atoms with Gasteiger partial charge >= 0.3 is 0 Å². The molecule has 0 aliphatic carbocycles. The van der Waals surface area contributed by atoms with Crippen molar-refractivity contribution in [2.75, 3.05) is 11.9 Å². The van der Waals surface area contributed by atoms with Crippen LogP contribution >= 0.6 is 0 Å². The van der Waals surface area contributed by atoms with E-state index < -0.39 is 4.92 Å². The van der Waals surface area contributed by atoms with Crippen LogP contribution in [0.25, 0.3) is 0 Å². The van der Waals surface area contributed by atoms with Crippen molar-refractivity contribution >= 4 is 11.4 Å². The molecule has 0 saturated carbocycles. The second-order valence-electron chi connectivity index (χ2n) is 4.11. The zero-order valence-electron chi connectivity index (χ0n) is 10.4. The Balaban J connectivity index is 3.18. The Morgan fingerprint density at radius 3 is 2.65 bits per heavy atom. The lowest BCUT2D eigenvalue weighted by Crippen LogP contribution is -2.28.